The quantitative estimate of drug-likeness (QED) is 0.614. The van der Waals surface area contributed by atoms with Crippen molar-refractivity contribution < 1.29 is 18.7 Å². The number of amides is 1. The van der Waals surface area contributed by atoms with E-state index in [0.29, 0.717) is 17.8 Å². The third kappa shape index (κ3) is 5.00. The second-order valence-electron chi connectivity index (χ2n) is 6.48. The number of halogens is 2. The number of nitrogens with zero attached hydrogens (tertiary/aromatic N) is 2. The number of carbonyl (C=O) groups is 2. The van der Waals surface area contributed by atoms with E-state index in [1.807, 2.05) is 30.3 Å². The van der Waals surface area contributed by atoms with E-state index in [-0.39, 0.29) is 16.4 Å². The first-order chi connectivity index (χ1) is 13.8. The van der Waals surface area contributed by atoms with Crippen molar-refractivity contribution >= 4 is 29.2 Å². The van der Waals surface area contributed by atoms with E-state index in [4.69, 9.17) is 16.3 Å². The summed E-state index contributed by atoms with van der Waals surface area (Å²) >= 11 is 6.31. The van der Waals surface area contributed by atoms with Gasteiger partial charge in [-0.2, -0.15) is 5.10 Å². The summed E-state index contributed by atoms with van der Waals surface area (Å²) < 4.78 is 20.1. The lowest BCUT2D eigenvalue weighted by molar-refractivity contribution is -0.119. The highest BCUT2D eigenvalue weighted by Gasteiger charge is 2.22. The van der Waals surface area contributed by atoms with Crippen LogP contribution in [0.1, 0.15) is 27.2 Å². The van der Waals surface area contributed by atoms with Crippen LogP contribution in [0.3, 0.4) is 0 Å². The number of carbonyl (C=O) groups excluding carboxylic acids is 2. The average molecular weight is 416 g/mol. The van der Waals surface area contributed by atoms with Crippen molar-refractivity contribution in [2.75, 3.05) is 11.9 Å². The van der Waals surface area contributed by atoms with Crippen LogP contribution in [0, 0.1) is 19.7 Å². The molecule has 1 N–H and O–H groups in total. The van der Waals surface area contributed by atoms with Gasteiger partial charge in [0.2, 0.25) is 0 Å². The number of aryl methyl sites for hydroxylation is 2. The number of anilines is 1. The summed E-state index contributed by atoms with van der Waals surface area (Å²) in [6.07, 6.45) is 0. The second-order valence-corrected chi connectivity index (χ2v) is 6.84. The summed E-state index contributed by atoms with van der Waals surface area (Å²) in [5.74, 6) is -1.78. The van der Waals surface area contributed by atoms with Crippen molar-refractivity contribution in [2.45, 2.75) is 20.4 Å². The van der Waals surface area contributed by atoms with Crippen LogP contribution in [0.15, 0.2) is 48.5 Å². The van der Waals surface area contributed by atoms with E-state index in [1.165, 1.54) is 10.7 Å². The first kappa shape index (κ1) is 20.5. The molecular formula is C21H19ClFN3O3. The van der Waals surface area contributed by atoms with Gasteiger partial charge in [-0.1, -0.05) is 48.0 Å². The molecule has 0 aliphatic heterocycles. The predicted molar refractivity (Wildman–Crippen MR) is 108 cm³/mol. The van der Waals surface area contributed by atoms with Gasteiger partial charge in [-0.25, -0.2) is 13.9 Å². The van der Waals surface area contributed by atoms with Gasteiger partial charge < -0.3 is 10.1 Å². The summed E-state index contributed by atoms with van der Waals surface area (Å²) in [6.45, 7) is 3.12. The van der Waals surface area contributed by atoms with Crippen LogP contribution in [0.5, 0.6) is 0 Å². The molecule has 0 bridgehead atoms. The summed E-state index contributed by atoms with van der Waals surface area (Å²) in [7, 11) is 0. The van der Waals surface area contributed by atoms with Crippen molar-refractivity contribution in [3.63, 3.8) is 0 Å². The minimum Gasteiger partial charge on any atom is -0.452 e. The Bertz CT molecular complexity index is 1050. The standard InChI is InChI=1S/C21H19ClFN3O3/c1-13-8-9-16(10-17(13)23)24-18(27)12-29-21(28)19-14(2)25-26(20(19)22)11-15-6-4-3-5-7-15/h3-10H,11-12H2,1-2H3,(H,24,27). The van der Waals surface area contributed by atoms with Gasteiger partial charge in [-0.15, -0.1) is 0 Å². The molecular weight excluding hydrogens is 397 g/mol. The second kappa shape index (κ2) is 8.87. The maximum atomic E-state index is 13.6. The SMILES string of the molecule is Cc1ccc(NC(=O)COC(=O)c2c(C)nn(Cc3ccccc3)c2Cl)cc1F. The molecule has 8 heteroatoms. The zero-order chi connectivity index (χ0) is 21.0. The van der Waals surface area contributed by atoms with Gasteiger partial charge in [-0.05, 0) is 37.1 Å². The molecule has 150 valence electrons. The molecule has 0 unspecified atom stereocenters. The van der Waals surface area contributed by atoms with Crippen LogP contribution >= 0.6 is 11.6 Å². The van der Waals surface area contributed by atoms with Crippen molar-refractivity contribution in [3.8, 4) is 0 Å². The van der Waals surface area contributed by atoms with Crippen LogP contribution in [0.4, 0.5) is 10.1 Å². The lowest BCUT2D eigenvalue weighted by atomic mass is 10.2. The summed E-state index contributed by atoms with van der Waals surface area (Å²) in [6, 6.07) is 13.8. The maximum Gasteiger partial charge on any atom is 0.343 e. The molecule has 0 saturated carbocycles. The van der Waals surface area contributed by atoms with Crippen LogP contribution in [-0.2, 0) is 16.1 Å². The van der Waals surface area contributed by atoms with Gasteiger partial charge in [0.25, 0.3) is 5.91 Å². The Balaban J connectivity index is 1.63. The number of esters is 1. The molecule has 0 aliphatic rings. The van der Waals surface area contributed by atoms with E-state index < -0.39 is 24.3 Å². The number of ether oxygens (including phenoxy) is 1. The highest BCUT2D eigenvalue weighted by atomic mass is 35.5. The van der Waals surface area contributed by atoms with E-state index in [2.05, 4.69) is 10.4 Å². The normalized spacial score (nSPS) is 10.6. The first-order valence-electron chi connectivity index (χ1n) is 8.85. The topological polar surface area (TPSA) is 73.2 Å². The summed E-state index contributed by atoms with van der Waals surface area (Å²) in [4.78, 5) is 24.4. The van der Waals surface area contributed by atoms with E-state index >= 15 is 0 Å². The minimum absolute atomic E-state index is 0.108. The van der Waals surface area contributed by atoms with E-state index in [0.717, 1.165) is 5.56 Å². The Morgan fingerprint density at radius 2 is 1.90 bits per heavy atom. The molecule has 0 radical (unpaired) electrons. The lowest BCUT2D eigenvalue weighted by Crippen LogP contribution is -2.21. The first-order valence-corrected chi connectivity index (χ1v) is 9.23. The van der Waals surface area contributed by atoms with Crippen LogP contribution in [0.25, 0.3) is 0 Å². The monoisotopic (exact) mass is 415 g/mol. The third-order valence-electron chi connectivity index (χ3n) is 4.23. The maximum absolute atomic E-state index is 13.6. The predicted octanol–water partition coefficient (Wildman–Crippen LogP) is 4.14. The molecule has 6 nitrogen and oxygen atoms in total. The number of benzene rings is 2. The fourth-order valence-electron chi connectivity index (χ4n) is 2.72. The number of rotatable bonds is 6. The molecule has 0 saturated heterocycles. The molecule has 1 amide bonds. The summed E-state index contributed by atoms with van der Waals surface area (Å²) in [5.41, 5.74) is 2.22. The van der Waals surface area contributed by atoms with Crippen LogP contribution < -0.4 is 5.32 Å². The van der Waals surface area contributed by atoms with E-state index in [9.17, 15) is 14.0 Å². The molecule has 3 aromatic rings. The van der Waals surface area contributed by atoms with Crippen molar-refractivity contribution in [1.29, 1.82) is 0 Å². The molecule has 0 atom stereocenters. The smallest absolute Gasteiger partial charge is 0.343 e. The fraction of sp³-hybridized carbons (Fsp3) is 0.190. The van der Waals surface area contributed by atoms with Crippen molar-refractivity contribution in [1.82, 2.24) is 9.78 Å². The molecule has 0 aliphatic carbocycles. The summed E-state index contributed by atoms with van der Waals surface area (Å²) in [5, 5.41) is 6.89. The van der Waals surface area contributed by atoms with Crippen LogP contribution in [0.2, 0.25) is 5.15 Å². The van der Waals surface area contributed by atoms with Gasteiger partial charge >= 0.3 is 5.97 Å². The largest absolute Gasteiger partial charge is 0.452 e. The number of hydrogen-bond donors (Lipinski definition) is 1. The van der Waals surface area contributed by atoms with Gasteiger partial charge in [0.15, 0.2) is 6.61 Å². The molecule has 2 aromatic carbocycles. The van der Waals surface area contributed by atoms with Crippen molar-refractivity contribution in [3.05, 3.63) is 81.9 Å². The molecule has 0 spiro atoms. The van der Waals surface area contributed by atoms with Crippen molar-refractivity contribution in [2.24, 2.45) is 0 Å². The third-order valence-corrected chi connectivity index (χ3v) is 4.62. The Morgan fingerprint density at radius 3 is 2.59 bits per heavy atom. The fourth-order valence-corrected chi connectivity index (χ4v) is 3.03. The lowest BCUT2D eigenvalue weighted by Gasteiger charge is -2.08. The van der Waals surface area contributed by atoms with E-state index in [1.54, 1.807) is 26.0 Å². The molecule has 0 fully saturated rings. The van der Waals surface area contributed by atoms with Gasteiger partial charge in [0.1, 0.15) is 16.5 Å². The Hall–Kier alpha value is -3.19. The van der Waals surface area contributed by atoms with Gasteiger partial charge in [0.05, 0.1) is 12.2 Å². The zero-order valence-corrected chi connectivity index (χ0v) is 16.7. The Labute approximate surface area is 172 Å². The van der Waals surface area contributed by atoms with Gasteiger partial charge in [-0.3, -0.25) is 4.79 Å². The average Bonchev–Trinajstić information content (AvgIpc) is 2.97. The number of aromatic nitrogens is 2. The minimum atomic E-state index is -0.753. The Kier molecular flexibility index (Phi) is 6.29. The Morgan fingerprint density at radius 1 is 1.17 bits per heavy atom. The number of nitrogens with one attached hydrogen (secondary N) is 1. The van der Waals surface area contributed by atoms with Gasteiger partial charge in [0, 0.05) is 5.69 Å². The molecule has 29 heavy (non-hydrogen) atoms. The molecule has 3 rings (SSSR count). The highest BCUT2D eigenvalue weighted by Crippen LogP contribution is 2.22. The highest BCUT2D eigenvalue weighted by molar-refractivity contribution is 6.32. The molecule has 1 heterocycles. The number of hydrogen-bond acceptors (Lipinski definition) is 4. The van der Waals surface area contributed by atoms with Crippen LogP contribution in [-0.4, -0.2) is 28.3 Å². The zero-order valence-electron chi connectivity index (χ0n) is 15.9. The molecule has 1 aromatic heterocycles.